The lowest BCUT2D eigenvalue weighted by Crippen LogP contribution is -1.95. The van der Waals surface area contributed by atoms with Gasteiger partial charge in [-0.05, 0) is 42.8 Å². The van der Waals surface area contributed by atoms with E-state index in [1.54, 1.807) is 7.11 Å². The molecule has 0 aliphatic heterocycles. The van der Waals surface area contributed by atoms with Crippen LogP contribution in [0.5, 0.6) is 5.75 Å². The van der Waals surface area contributed by atoms with Gasteiger partial charge in [-0.15, -0.1) is 0 Å². The smallest absolute Gasteiger partial charge is 0.156 e. The van der Waals surface area contributed by atoms with E-state index >= 15 is 0 Å². The number of aromatic nitrogens is 3. The van der Waals surface area contributed by atoms with Crippen molar-refractivity contribution in [3.8, 4) is 17.0 Å². The number of hydrogen-bond acceptors (Lipinski definition) is 3. The molecule has 0 bridgehead atoms. The number of methoxy groups -OCH3 is 1. The predicted octanol–water partition coefficient (Wildman–Crippen LogP) is 3.91. The topological polar surface area (TPSA) is 39.4 Å². The maximum absolute atomic E-state index is 5.21. The molecule has 0 aliphatic rings. The second-order valence-corrected chi connectivity index (χ2v) is 5.22. The molecule has 2 heterocycles. The molecule has 0 atom stereocenters. The van der Waals surface area contributed by atoms with Crippen LogP contribution in [0.3, 0.4) is 0 Å². The zero-order valence-corrected chi connectivity index (χ0v) is 12.9. The molecule has 22 heavy (non-hydrogen) atoms. The molecule has 0 saturated heterocycles. The van der Waals surface area contributed by atoms with E-state index in [2.05, 4.69) is 23.6 Å². The van der Waals surface area contributed by atoms with Gasteiger partial charge in [0.15, 0.2) is 11.5 Å². The maximum Gasteiger partial charge on any atom is 0.156 e. The average molecular weight is 293 g/mol. The monoisotopic (exact) mass is 293 g/mol. The molecular weight excluding hydrogens is 274 g/mol. The van der Waals surface area contributed by atoms with Gasteiger partial charge in [0.1, 0.15) is 5.75 Å². The van der Waals surface area contributed by atoms with Gasteiger partial charge < -0.3 is 4.74 Å². The number of fused-ring (bicyclic) bond motifs is 1. The van der Waals surface area contributed by atoms with Gasteiger partial charge in [-0.1, -0.05) is 25.1 Å². The largest absolute Gasteiger partial charge is 0.497 e. The first-order valence-corrected chi connectivity index (χ1v) is 7.37. The molecule has 4 heteroatoms. The first-order chi connectivity index (χ1) is 10.7. The summed E-state index contributed by atoms with van der Waals surface area (Å²) < 4.78 is 7.10. The van der Waals surface area contributed by atoms with Crippen LogP contribution >= 0.6 is 0 Å². The number of benzene rings is 1. The van der Waals surface area contributed by atoms with Crippen LogP contribution in [0.25, 0.3) is 16.9 Å². The van der Waals surface area contributed by atoms with E-state index in [-0.39, 0.29) is 0 Å². The lowest BCUT2D eigenvalue weighted by molar-refractivity contribution is 0.415. The molecule has 112 valence electrons. The third-order valence-electron chi connectivity index (χ3n) is 3.70. The lowest BCUT2D eigenvalue weighted by atomic mass is 10.1. The van der Waals surface area contributed by atoms with Gasteiger partial charge in [-0.25, -0.2) is 9.50 Å². The summed E-state index contributed by atoms with van der Waals surface area (Å²) >= 11 is 0. The van der Waals surface area contributed by atoms with Crippen molar-refractivity contribution in [2.24, 2.45) is 0 Å². The highest BCUT2D eigenvalue weighted by molar-refractivity contribution is 5.63. The highest BCUT2D eigenvalue weighted by Gasteiger charge is 2.09. The van der Waals surface area contributed by atoms with Crippen molar-refractivity contribution in [3.05, 3.63) is 60.4 Å². The van der Waals surface area contributed by atoms with Gasteiger partial charge in [-0.2, -0.15) is 5.10 Å². The molecule has 1 aromatic carbocycles. The molecule has 0 unspecified atom stereocenters. The second kappa shape index (κ2) is 6.02. The Labute approximate surface area is 130 Å². The quantitative estimate of drug-likeness (QED) is 0.669. The Morgan fingerprint density at radius 1 is 1.18 bits per heavy atom. The summed E-state index contributed by atoms with van der Waals surface area (Å²) in [6.45, 7) is 6.13. The van der Waals surface area contributed by atoms with Crippen molar-refractivity contribution in [1.29, 1.82) is 0 Å². The van der Waals surface area contributed by atoms with Crippen molar-refractivity contribution in [2.75, 3.05) is 7.11 Å². The molecule has 0 fully saturated rings. The number of pyridine rings is 1. The van der Waals surface area contributed by atoms with E-state index < -0.39 is 0 Å². The summed E-state index contributed by atoms with van der Waals surface area (Å²) in [5.74, 6) is 1.65. The Bertz CT molecular complexity index is 803. The van der Waals surface area contributed by atoms with Gasteiger partial charge >= 0.3 is 0 Å². The molecule has 2 aromatic heterocycles. The first-order valence-electron chi connectivity index (χ1n) is 7.37. The lowest BCUT2D eigenvalue weighted by Gasteiger charge is -2.05. The standard InChI is InChI=1S/C18H19N3O/c1-4-13(2)12-17-19-18-7-5-6-16(21(18)20-17)14-8-10-15(22-3)11-9-14/h5-11H,2,4,12H2,1,3H3. The Morgan fingerprint density at radius 2 is 1.95 bits per heavy atom. The average Bonchev–Trinajstić information content (AvgIpc) is 2.97. The molecule has 0 saturated carbocycles. The van der Waals surface area contributed by atoms with Gasteiger partial charge in [0.2, 0.25) is 0 Å². The minimum absolute atomic E-state index is 0.722. The van der Waals surface area contributed by atoms with E-state index in [1.165, 1.54) is 0 Å². The molecule has 0 spiro atoms. The van der Waals surface area contributed by atoms with Crippen molar-refractivity contribution >= 4 is 5.65 Å². The van der Waals surface area contributed by atoms with Gasteiger partial charge in [0.05, 0.1) is 12.8 Å². The Hall–Kier alpha value is -2.62. The molecule has 3 aromatic rings. The van der Waals surface area contributed by atoms with Crippen LogP contribution in [0, 0.1) is 0 Å². The zero-order valence-electron chi connectivity index (χ0n) is 12.9. The van der Waals surface area contributed by atoms with Crippen LogP contribution in [0.4, 0.5) is 0 Å². The van der Waals surface area contributed by atoms with Crippen LogP contribution in [0.2, 0.25) is 0 Å². The fraction of sp³-hybridized carbons (Fsp3) is 0.222. The minimum atomic E-state index is 0.722. The second-order valence-electron chi connectivity index (χ2n) is 5.22. The number of rotatable bonds is 5. The normalized spacial score (nSPS) is 10.8. The highest BCUT2D eigenvalue weighted by Crippen LogP contribution is 2.23. The fourth-order valence-corrected chi connectivity index (χ4v) is 2.35. The van der Waals surface area contributed by atoms with E-state index in [0.717, 1.165) is 46.9 Å². The van der Waals surface area contributed by atoms with Crippen molar-refractivity contribution in [3.63, 3.8) is 0 Å². The summed E-state index contributed by atoms with van der Waals surface area (Å²) in [5, 5.41) is 4.63. The van der Waals surface area contributed by atoms with Crippen LogP contribution < -0.4 is 4.74 Å². The minimum Gasteiger partial charge on any atom is -0.497 e. The highest BCUT2D eigenvalue weighted by atomic mass is 16.5. The Morgan fingerprint density at radius 3 is 2.64 bits per heavy atom. The fourth-order valence-electron chi connectivity index (χ4n) is 2.35. The summed E-state index contributed by atoms with van der Waals surface area (Å²) in [5.41, 5.74) is 4.09. The van der Waals surface area contributed by atoms with E-state index in [1.807, 2.05) is 47.0 Å². The predicted molar refractivity (Wildman–Crippen MR) is 88.1 cm³/mol. The molecule has 0 aliphatic carbocycles. The van der Waals surface area contributed by atoms with Gasteiger partial charge in [0, 0.05) is 12.0 Å². The third kappa shape index (κ3) is 2.72. The van der Waals surface area contributed by atoms with Crippen LogP contribution in [-0.4, -0.2) is 21.7 Å². The van der Waals surface area contributed by atoms with Crippen LogP contribution in [-0.2, 0) is 6.42 Å². The van der Waals surface area contributed by atoms with Gasteiger partial charge in [0.25, 0.3) is 0 Å². The van der Waals surface area contributed by atoms with Crippen molar-refractivity contribution in [1.82, 2.24) is 14.6 Å². The van der Waals surface area contributed by atoms with Gasteiger partial charge in [-0.3, -0.25) is 0 Å². The molecule has 0 amide bonds. The van der Waals surface area contributed by atoms with E-state index in [0.29, 0.717) is 0 Å². The third-order valence-corrected chi connectivity index (χ3v) is 3.70. The van der Waals surface area contributed by atoms with Crippen molar-refractivity contribution in [2.45, 2.75) is 19.8 Å². The number of nitrogens with zero attached hydrogens (tertiary/aromatic N) is 3. The summed E-state index contributed by atoms with van der Waals surface area (Å²) in [7, 11) is 1.67. The van der Waals surface area contributed by atoms with Crippen molar-refractivity contribution < 1.29 is 4.74 Å². The Balaban J connectivity index is 2.03. The molecule has 0 radical (unpaired) electrons. The molecule has 4 nitrogen and oxygen atoms in total. The first kappa shape index (κ1) is 14.3. The SMILES string of the molecule is C=C(CC)Cc1nc2cccc(-c3ccc(OC)cc3)n2n1. The van der Waals surface area contributed by atoms with Crippen LogP contribution in [0.15, 0.2) is 54.6 Å². The maximum atomic E-state index is 5.21. The zero-order chi connectivity index (χ0) is 15.5. The number of ether oxygens (including phenoxy) is 1. The molecular formula is C18H19N3O. The Kier molecular flexibility index (Phi) is 3.92. The molecule has 3 rings (SSSR count). The van der Waals surface area contributed by atoms with E-state index in [4.69, 9.17) is 4.74 Å². The molecule has 0 N–H and O–H groups in total. The summed E-state index contributed by atoms with van der Waals surface area (Å²) in [6, 6.07) is 14.0. The van der Waals surface area contributed by atoms with E-state index in [9.17, 15) is 0 Å². The number of allylic oxidation sites excluding steroid dienone is 1. The summed E-state index contributed by atoms with van der Waals surface area (Å²) in [4.78, 5) is 4.59. The van der Waals surface area contributed by atoms with Crippen LogP contribution in [0.1, 0.15) is 19.2 Å². The number of hydrogen-bond donors (Lipinski definition) is 0. The summed E-state index contributed by atoms with van der Waals surface area (Å²) in [6.07, 6.45) is 1.67.